The van der Waals surface area contributed by atoms with Crippen LogP contribution in [0.1, 0.15) is 29.9 Å². The van der Waals surface area contributed by atoms with Crippen molar-refractivity contribution in [3.63, 3.8) is 0 Å². The number of aromatic nitrogens is 1. The average Bonchev–Trinajstić information content (AvgIpc) is 2.96. The first-order valence-electron chi connectivity index (χ1n) is 10.0. The Kier molecular flexibility index (Phi) is 5.32. The van der Waals surface area contributed by atoms with Gasteiger partial charge in [0.15, 0.2) is 8.24 Å². The van der Waals surface area contributed by atoms with E-state index in [4.69, 9.17) is 0 Å². The number of fused-ring (bicyclic) bond motifs is 2. The van der Waals surface area contributed by atoms with E-state index >= 15 is 0 Å². The molecule has 1 aromatic carbocycles. The Morgan fingerprint density at radius 2 is 1.85 bits per heavy atom. The largest absolute Gasteiger partial charge is 0.361 e. The second kappa shape index (κ2) is 7.57. The molecule has 4 heteroatoms. The number of benzene rings is 1. The number of halogens is 1. The predicted molar refractivity (Wildman–Crippen MR) is 123 cm³/mol. The summed E-state index contributed by atoms with van der Waals surface area (Å²) in [6, 6.07) is 10.6. The lowest BCUT2D eigenvalue weighted by Gasteiger charge is -2.36. The molecular weight excluding hydrogens is 412 g/mol. The molecule has 1 aliphatic heterocycles. The quantitative estimate of drug-likeness (QED) is 0.403. The van der Waals surface area contributed by atoms with Crippen molar-refractivity contribution in [3.05, 3.63) is 71.9 Å². The highest BCUT2D eigenvalue weighted by Crippen LogP contribution is 2.46. The van der Waals surface area contributed by atoms with Crippen molar-refractivity contribution in [1.29, 1.82) is 0 Å². The number of piperidine rings is 1. The van der Waals surface area contributed by atoms with Crippen LogP contribution < -0.4 is 5.32 Å². The highest BCUT2D eigenvalue weighted by Gasteiger charge is 2.40. The Labute approximate surface area is 172 Å². The van der Waals surface area contributed by atoms with Crippen molar-refractivity contribution in [3.8, 4) is 0 Å². The van der Waals surface area contributed by atoms with Crippen LogP contribution in [0.3, 0.4) is 0 Å². The van der Waals surface area contributed by atoms with Gasteiger partial charge in [0.1, 0.15) is 0 Å². The fourth-order valence-corrected chi connectivity index (χ4v) is 11.1. The molecule has 2 nitrogen and oxygen atoms in total. The molecule has 2 aromatic rings. The van der Waals surface area contributed by atoms with E-state index in [0.717, 1.165) is 31.1 Å². The van der Waals surface area contributed by atoms with Crippen molar-refractivity contribution in [2.24, 2.45) is 0 Å². The number of allylic oxidation sites excluding steroid dienone is 3. The fourth-order valence-electron chi connectivity index (χ4n) is 5.46. The smallest absolute Gasteiger partial charge is 0.174 e. The van der Waals surface area contributed by atoms with Gasteiger partial charge in [0.25, 0.3) is 0 Å². The zero-order chi connectivity index (χ0) is 19.0. The summed E-state index contributed by atoms with van der Waals surface area (Å²) in [5.41, 5.74) is 4.44. The molecule has 0 radical (unpaired) electrons. The average molecular weight is 441 g/mol. The fraction of sp³-hybridized carbons (Fsp3) is 0.391. The van der Waals surface area contributed by atoms with Crippen LogP contribution in [-0.2, 0) is 6.42 Å². The third-order valence-electron chi connectivity index (χ3n) is 6.52. The van der Waals surface area contributed by atoms with Crippen LogP contribution in [-0.4, -0.2) is 25.1 Å². The van der Waals surface area contributed by atoms with Gasteiger partial charge in [0, 0.05) is 22.9 Å². The van der Waals surface area contributed by atoms with Crippen molar-refractivity contribution < 1.29 is 0 Å². The van der Waals surface area contributed by atoms with Crippen LogP contribution in [0.25, 0.3) is 10.9 Å². The van der Waals surface area contributed by atoms with Crippen LogP contribution >= 0.6 is 15.9 Å². The molecule has 4 rings (SSSR count). The summed E-state index contributed by atoms with van der Waals surface area (Å²) in [5, 5.41) is 5.29. The predicted octanol–water partition coefficient (Wildman–Crippen LogP) is 6.15. The van der Waals surface area contributed by atoms with Gasteiger partial charge in [-0.3, -0.25) is 0 Å². The Morgan fingerprint density at radius 3 is 2.52 bits per heavy atom. The Hall–Kier alpha value is -1.36. The van der Waals surface area contributed by atoms with Gasteiger partial charge in [-0.1, -0.05) is 30.4 Å². The lowest BCUT2D eigenvalue weighted by molar-refractivity contribution is 0.345. The molecule has 1 aromatic heterocycles. The number of nitrogens with one attached hydrogen (secondary N) is 1. The first-order valence-corrected chi connectivity index (χ1v) is 13.4. The molecule has 1 aliphatic carbocycles. The standard InChI is InChI=1S/C23H29BrN2Si/c1-4-13-27(14-5-2,15-6-3)26-21-11-7-9-18-17-10-8-12-25-20(17)16-19(22(18)21)23(26)24/h4-7,9,11,17,20,25H,1-3,8,10,12-16H2/t17-,20-/m1/s1. The highest BCUT2D eigenvalue weighted by atomic mass is 79.9. The summed E-state index contributed by atoms with van der Waals surface area (Å²) in [6.45, 7) is 13.4. The lowest BCUT2D eigenvalue weighted by Crippen LogP contribution is -2.43. The maximum Gasteiger partial charge on any atom is 0.174 e. The van der Waals surface area contributed by atoms with E-state index in [-0.39, 0.29) is 0 Å². The van der Waals surface area contributed by atoms with Gasteiger partial charge >= 0.3 is 0 Å². The first-order chi connectivity index (χ1) is 13.2. The van der Waals surface area contributed by atoms with E-state index in [0.29, 0.717) is 12.0 Å². The summed E-state index contributed by atoms with van der Waals surface area (Å²) >= 11 is 4.05. The molecule has 2 aliphatic rings. The van der Waals surface area contributed by atoms with Crippen LogP contribution in [0.15, 0.2) is 60.8 Å². The number of rotatable bonds is 7. The molecule has 0 spiro atoms. The highest BCUT2D eigenvalue weighted by molar-refractivity contribution is 9.10. The van der Waals surface area contributed by atoms with Gasteiger partial charge < -0.3 is 9.55 Å². The minimum atomic E-state index is -1.92. The zero-order valence-electron chi connectivity index (χ0n) is 16.0. The van der Waals surface area contributed by atoms with Gasteiger partial charge in [-0.2, -0.15) is 0 Å². The van der Waals surface area contributed by atoms with E-state index in [1.165, 1.54) is 33.9 Å². The van der Waals surface area contributed by atoms with Gasteiger partial charge in [-0.05, 0) is 77.1 Å². The van der Waals surface area contributed by atoms with E-state index in [1.54, 1.807) is 5.56 Å². The van der Waals surface area contributed by atoms with Gasteiger partial charge in [0.05, 0.1) is 4.60 Å². The van der Waals surface area contributed by atoms with E-state index < -0.39 is 8.24 Å². The second-order valence-corrected chi connectivity index (χ2v) is 12.9. The Balaban J connectivity index is 1.99. The Morgan fingerprint density at radius 1 is 1.15 bits per heavy atom. The second-order valence-electron chi connectivity index (χ2n) is 8.06. The van der Waals surface area contributed by atoms with Crippen LogP contribution in [0.2, 0.25) is 18.1 Å². The van der Waals surface area contributed by atoms with Crippen molar-refractivity contribution in [2.45, 2.75) is 49.4 Å². The molecule has 0 bridgehead atoms. The third kappa shape index (κ3) is 2.93. The zero-order valence-corrected chi connectivity index (χ0v) is 18.6. The minimum absolute atomic E-state index is 0.568. The monoisotopic (exact) mass is 440 g/mol. The Bertz CT molecular complexity index is 871. The van der Waals surface area contributed by atoms with Crippen molar-refractivity contribution in [2.75, 3.05) is 6.54 Å². The normalized spacial score (nSPS) is 21.7. The summed E-state index contributed by atoms with van der Waals surface area (Å²) in [5.74, 6) is 0.645. The van der Waals surface area contributed by atoms with E-state index in [2.05, 4.69) is 81.6 Å². The van der Waals surface area contributed by atoms with Crippen LogP contribution in [0, 0.1) is 0 Å². The summed E-state index contributed by atoms with van der Waals surface area (Å²) in [4.78, 5) is 0. The molecule has 2 heterocycles. The van der Waals surface area contributed by atoms with Crippen molar-refractivity contribution in [1.82, 2.24) is 9.55 Å². The van der Waals surface area contributed by atoms with Gasteiger partial charge in [-0.25, -0.2) is 0 Å². The molecule has 1 fully saturated rings. The summed E-state index contributed by atoms with van der Waals surface area (Å²) < 4.78 is 3.94. The van der Waals surface area contributed by atoms with Gasteiger partial charge in [-0.15, -0.1) is 19.7 Å². The molecule has 1 saturated heterocycles. The molecular formula is C23H29BrN2Si. The molecule has 27 heavy (non-hydrogen) atoms. The summed E-state index contributed by atoms with van der Waals surface area (Å²) in [6.07, 6.45) is 9.99. The maximum absolute atomic E-state index is 4.09. The molecule has 0 amide bonds. The molecule has 142 valence electrons. The number of hydrogen-bond acceptors (Lipinski definition) is 1. The third-order valence-corrected chi connectivity index (χ3v) is 12.2. The van der Waals surface area contributed by atoms with Gasteiger partial charge in [0.2, 0.25) is 0 Å². The van der Waals surface area contributed by atoms with E-state index in [1.807, 2.05) is 0 Å². The minimum Gasteiger partial charge on any atom is -0.361 e. The van der Waals surface area contributed by atoms with E-state index in [9.17, 15) is 0 Å². The number of nitrogens with zero attached hydrogens (tertiary/aromatic N) is 1. The summed E-state index contributed by atoms with van der Waals surface area (Å²) in [7, 11) is -1.92. The maximum atomic E-state index is 4.09. The number of hydrogen-bond donors (Lipinski definition) is 1. The molecule has 0 unspecified atom stereocenters. The molecule has 2 atom stereocenters. The van der Waals surface area contributed by atoms with Crippen LogP contribution in [0.5, 0.6) is 0 Å². The van der Waals surface area contributed by atoms with Crippen LogP contribution in [0.4, 0.5) is 0 Å². The molecule has 0 saturated carbocycles. The SMILES string of the molecule is C=CC[Si](CC=C)(CC=C)n1c(Br)c2c3c(cccc31)[C@H]1CCCN[C@@H]1C2. The lowest BCUT2D eigenvalue weighted by atomic mass is 9.76. The first kappa shape index (κ1) is 19.0. The van der Waals surface area contributed by atoms with Crippen molar-refractivity contribution >= 4 is 35.1 Å². The topological polar surface area (TPSA) is 17.0 Å². The molecule has 1 N–H and O–H groups in total.